The van der Waals surface area contributed by atoms with Crippen LogP contribution in [0.15, 0.2) is 30.7 Å². The Kier molecular flexibility index (Phi) is 2.87. The molecule has 1 saturated heterocycles. The Labute approximate surface area is 123 Å². The minimum Gasteiger partial charge on any atom is -0.379 e. The molecule has 4 rings (SSSR count). The van der Waals surface area contributed by atoms with E-state index in [2.05, 4.69) is 9.97 Å². The van der Waals surface area contributed by atoms with Gasteiger partial charge in [0.1, 0.15) is 5.52 Å². The zero-order valence-corrected chi connectivity index (χ0v) is 11.5. The third-order valence-electron chi connectivity index (χ3n) is 4.03. The summed E-state index contributed by atoms with van der Waals surface area (Å²) in [5.74, 6) is 0. The first kappa shape index (κ1) is 13.5. The van der Waals surface area contributed by atoms with Crippen LogP contribution in [0.4, 0.5) is 13.2 Å². The van der Waals surface area contributed by atoms with Crippen molar-refractivity contribution in [2.75, 3.05) is 13.2 Å². The van der Waals surface area contributed by atoms with E-state index in [4.69, 9.17) is 4.74 Å². The normalized spacial score (nSPS) is 19.3. The molecule has 4 nitrogen and oxygen atoms in total. The predicted octanol–water partition coefficient (Wildman–Crippen LogP) is 3.56. The summed E-state index contributed by atoms with van der Waals surface area (Å²) in [7, 11) is 0. The first-order valence-electron chi connectivity index (χ1n) is 6.94. The third kappa shape index (κ3) is 2.04. The summed E-state index contributed by atoms with van der Waals surface area (Å²) >= 11 is 0. The van der Waals surface area contributed by atoms with Gasteiger partial charge < -0.3 is 9.30 Å². The van der Waals surface area contributed by atoms with Crippen LogP contribution in [0.1, 0.15) is 18.0 Å². The molecule has 0 saturated carbocycles. The second-order valence-corrected chi connectivity index (χ2v) is 5.39. The van der Waals surface area contributed by atoms with Gasteiger partial charge in [-0.2, -0.15) is 13.2 Å². The van der Waals surface area contributed by atoms with E-state index in [0.717, 1.165) is 18.6 Å². The van der Waals surface area contributed by atoms with Gasteiger partial charge in [-0.3, -0.25) is 4.98 Å². The molecule has 0 unspecified atom stereocenters. The van der Waals surface area contributed by atoms with Gasteiger partial charge in [-0.25, -0.2) is 4.98 Å². The average Bonchev–Trinajstić information content (AvgIpc) is 3.14. The van der Waals surface area contributed by atoms with Crippen LogP contribution >= 0.6 is 0 Å². The average molecular weight is 307 g/mol. The highest BCUT2D eigenvalue weighted by atomic mass is 19.4. The third-order valence-corrected chi connectivity index (χ3v) is 4.03. The van der Waals surface area contributed by atoms with Gasteiger partial charge in [0, 0.05) is 12.0 Å². The minimum absolute atomic E-state index is 0.102. The topological polar surface area (TPSA) is 39.9 Å². The first-order valence-corrected chi connectivity index (χ1v) is 6.94. The summed E-state index contributed by atoms with van der Waals surface area (Å²) in [6.45, 7) is 1.20. The molecule has 1 fully saturated rings. The molecular weight excluding hydrogens is 295 g/mol. The molecule has 7 heteroatoms. The molecule has 0 amide bonds. The molecule has 3 heterocycles. The van der Waals surface area contributed by atoms with Gasteiger partial charge in [0.05, 0.1) is 41.8 Å². The van der Waals surface area contributed by atoms with Gasteiger partial charge in [0.2, 0.25) is 0 Å². The molecule has 1 aliphatic rings. The Balaban J connectivity index is 2.01. The maximum atomic E-state index is 13.0. The van der Waals surface area contributed by atoms with Gasteiger partial charge in [-0.1, -0.05) is 0 Å². The lowest BCUT2D eigenvalue weighted by Crippen LogP contribution is -2.08. The van der Waals surface area contributed by atoms with Gasteiger partial charge in [0.25, 0.3) is 0 Å². The Morgan fingerprint density at radius 2 is 2.05 bits per heavy atom. The number of benzene rings is 1. The Morgan fingerprint density at radius 1 is 1.18 bits per heavy atom. The number of ether oxygens (including phenoxy) is 1. The van der Waals surface area contributed by atoms with Gasteiger partial charge >= 0.3 is 6.18 Å². The lowest BCUT2D eigenvalue weighted by Gasteiger charge is -2.13. The fourth-order valence-corrected chi connectivity index (χ4v) is 2.91. The number of fused-ring (bicyclic) bond motifs is 3. The lowest BCUT2D eigenvalue weighted by molar-refractivity contribution is -0.137. The van der Waals surface area contributed by atoms with Crippen LogP contribution in [0.5, 0.6) is 0 Å². The predicted molar refractivity (Wildman–Crippen MR) is 74.5 cm³/mol. The highest BCUT2D eigenvalue weighted by Gasteiger charge is 2.31. The second kappa shape index (κ2) is 4.67. The van der Waals surface area contributed by atoms with Gasteiger partial charge in [-0.05, 0) is 24.6 Å². The first-order chi connectivity index (χ1) is 10.5. The number of nitrogens with zero attached hydrogens (tertiary/aromatic N) is 3. The number of aromatic nitrogens is 3. The molecule has 1 aromatic carbocycles. The molecule has 1 aliphatic heterocycles. The number of hydrogen-bond acceptors (Lipinski definition) is 3. The number of pyridine rings is 1. The maximum Gasteiger partial charge on any atom is 0.416 e. The fourth-order valence-electron chi connectivity index (χ4n) is 2.91. The summed E-state index contributed by atoms with van der Waals surface area (Å²) < 4.78 is 46.2. The summed E-state index contributed by atoms with van der Waals surface area (Å²) in [5.41, 5.74) is 1.14. The largest absolute Gasteiger partial charge is 0.416 e. The maximum absolute atomic E-state index is 13.0. The van der Waals surface area contributed by atoms with Crippen molar-refractivity contribution in [3.63, 3.8) is 0 Å². The highest BCUT2D eigenvalue weighted by Crippen LogP contribution is 2.34. The SMILES string of the molecule is FC(F)(F)c1ccc2ncc3ncn([C@@H]4CCOC4)c3c2c1. The molecule has 0 aliphatic carbocycles. The van der Waals surface area contributed by atoms with Crippen molar-refractivity contribution in [1.29, 1.82) is 0 Å². The molecule has 0 N–H and O–H groups in total. The molecule has 22 heavy (non-hydrogen) atoms. The molecule has 0 radical (unpaired) electrons. The van der Waals surface area contributed by atoms with Gasteiger partial charge in [-0.15, -0.1) is 0 Å². The van der Waals surface area contributed by atoms with E-state index in [1.807, 2.05) is 4.57 Å². The molecule has 3 aromatic rings. The van der Waals surface area contributed by atoms with Crippen molar-refractivity contribution in [2.24, 2.45) is 0 Å². The number of hydrogen-bond donors (Lipinski definition) is 0. The quantitative estimate of drug-likeness (QED) is 0.690. The Hall–Kier alpha value is -2.15. The Morgan fingerprint density at radius 3 is 2.77 bits per heavy atom. The van der Waals surface area contributed by atoms with Crippen molar-refractivity contribution in [2.45, 2.75) is 18.6 Å². The summed E-state index contributed by atoms with van der Waals surface area (Å²) in [5, 5.41) is 0.469. The Bertz CT molecular complexity index is 850. The van der Waals surface area contributed by atoms with Crippen LogP contribution in [-0.2, 0) is 10.9 Å². The van der Waals surface area contributed by atoms with Crippen molar-refractivity contribution in [3.8, 4) is 0 Å². The number of imidazole rings is 1. The smallest absolute Gasteiger partial charge is 0.379 e. The monoisotopic (exact) mass is 307 g/mol. The van der Waals surface area contributed by atoms with Crippen LogP contribution < -0.4 is 0 Å². The second-order valence-electron chi connectivity index (χ2n) is 5.39. The van der Waals surface area contributed by atoms with E-state index in [1.165, 1.54) is 6.07 Å². The van der Waals surface area contributed by atoms with Crippen LogP contribution in [-0.4, -0.2) is 27.7 Å². The molecule has 1 atom stereocenters. The molecular formula is C15H12F3N3O. The number of rotatable bonds is 1. The fraction of sp³-hybridized carbons (Fsp3) is 0.333. The lowest BCUT2D eigenvalue weighted by atomic mass is 10.1. The van der Waals surface area contributed by atoms with Gasteiger partial charge in [0.15, 0.2) is 0 Å². The molecule has 2 aromatic heterocycles. The summed E-state index contributed by atoms with van der Waals surface area (Å²) in [6, 6.07) is 3.71. The summed E-state index contributed by atoms with van der Waals surface area (Å²) in [4.78, 5) is 8.47. The zero-order chi connectivity index (χ0) is 15.3. The minimum atomic E-state index is -4.38. The van der Waals surface area contributed by atoms with Crippen LogP contribution in [0.3, 0.4) is 0 Å². The van der Waals surface area contributed by atoms with Crippen LogP contribution in [0.25, 0.3) is 21.9 Å². The van der Waals surface area contributed by atoms with Crippen molar-refractivity contribution < 1.29 is 17.9 Å². The van der Waals surface area contributed by atoms with Crippen LogP contribution in [0.2, 0.25) is 0 Å². The van der Waals surface area contributed by atoms with E-state index in [-0.39, 0.29) is 6.04 Å². The number of alkyl halides is 3. The van der Waals surface area contributed by atoms with E-state index >= 15 is 0 Å². The standard InChI is InChI=1S/C15H12F3N3O/c16-15(17,18)9-1-2-12-11(5-9)14-13(6-19-12)20-8-21(14)10-3-4-22-7-10/h1-2,5-6,8,10H,3-4,7H2/t10-/m1/s1. The van der Waals surface area contributed by atoms with Crippen molar-refractivity contribution in [1.82, 2.24) is 14.5 Å². The highest BCUT2D eigenvalue weighted by molar-refractivity contribution is 6.02. The van der Waals surface area contributed by atoms with Crippen LogP contribution in [0, 0.1) is 0 Å². The molecule has 0 spiro atoms. The van der Waals surface area contributed by atoms with E-state index < -0.39 is 11.7 Å². The van der Waals surface area contributed by atoms with E-state index in [9.17, 15) is 13.2 Å². The van der Waals surface area contributed by atoms with E-state index in [1.54, 1.807) is 12.5 Å². The molecule has 114 valence electrons. The zero-order valence-electron chi connectivity index (χ0n) is 11.5. The van der Waals surface area contributed by atoms with E-state index in [0.29, 0.717) is 35.2 Å². The summed E-state index contributed by atoms with van der Waals surface area (Å²) in [6.07, 6.45) is -0.297. The number of halogens is 3. The van der Waals surface area contributed by atoms with Crippen molar-refractivity contribution >= 4 is 21.9 Å². The molecule has 0 bridgehead atoms. The van der Waals surface area contributed by atoms with Crippen molar-refractivity contribution in [3.05, 3.63) is 36.3 Å².